The van der Waals surface area contributed by atoms with Gasteiger partial charge < -0.3 is 9.88 Å². The van der Waals surface area contributed by atoms with E-state index in [4.69, 9.17) is 0 Å². The standard InChI is InChI=1S/C23H22N2OS2/c1-17(18-8-3-2-4-9-18)28-22-16-25(20-11-6-5-10-19(20)22)14-13-24-23(26)21-12-7-15-27-21/h2-12,15-17H,13-14H2,1H3,(H,24,26)/t17-/m1/s1. The summed E-state index contributed by atoms with van der Waals surface area (Å²) in [6, 6.07) is 22.8. The van der Waals surface area contributed by atoms with Gasteiger partial charge in [0.1, 0.15) is 0 Å². The Morgan fingerprint density at radius 3 is 2.64 bits per heavy atom. The van der Waals surface area contributed by atoms with Gasteiger partial charge >= 0.3 is 0 Å². The van der Waals surface area contributed by atoms with E-state index in [1.54, 1.807) is 0 Å². The van der Waals surface area contributed by atoms with Crippen molar-refractivity contribution in [3.63, 3.8) is 0 Å². The van der Waals surface area contributed by atoms with Crippen LogP contribution in [0.2, 0.25) is 0 Å². The van der Waals surface area contributed by atoms with E-state index in [2.05, 4.69) is 77.6 Å². The van der Waals surface area contributed by atoms with Gasteiger partial charge in [0.05, 0.1) is 4.88 Å². The molecule has 0 unspecified atom stereocenters. The molecular weight excluding hydrogens is 384 g/mol. The van der Waals surface area contributed by atoms with E-state index in [9.17, 15) is 4.79 Å². The van der Waals surface area contributed by atoms with Crippen molar-refractivity contribution < 1.29 is 4.79 Å². The Bertz CT molecular complexity index is 1050. The molecular formula is C23H22N2OS2. The monoisotopic (exact) mass is 406 g/mol. The molecule has 2 aromatic carbocycles. The molecule has 2 heterocycles. The van der Waals surface area contributed by atoms with Gasteiger partial charge in [-0.1, -0.05) is 54.6 Å². The van der Waals surface area contributed by atoms with Gasteiger partial charge in [-0.2, -0.15) is 0 Å². The lowest BCUT2D eigenvalue weighted by atomic mass is 10.2. The van der Waals surface area contributed by atoms with Crippen LogP contribution in [0, 0.1) is 0 Å². The topological polar surface area (TPSA) is 34.0 Å². The summed E-state index contributed by atoms with van der Waals surface area (Å²) in [5.74, 6) is -0.00115. The molecule has 5 heteroatoms. The summed E-state index contributed by atoms with van der Waals surface area (Å²) in [5.41, 5.74) is 2.53. The molecule has 0 saturated heterocycles. The quantitative estimate of drug-likeness (QED) is 0.383. The van der Waals surface area contributed by atoms with Crippen molar-refractivity contribution >= 4 is 39.9 Å². The fourth-order valence-corrected chi connectivity index (χ4v) is 5.06. The summed E-state index contributed by atoms with van der Waals surface area (Å²) in [7, 11) is 0. The number of nitrogens with one attached hydrogen (secondary N) is 1. The Labute approximate surface area is 173 Å². The van der Waals surface area contributed by atoms with Gasteiger partial charge in [-0.25, -0.2) is 0 Å². The molecule has 1 amide bonds. The number of benzene rings is 2. The molecule has 28 heavy (non-hydrogen) atoms. The van der Waals surface area contributed by atoms with Crippen molar-refractivity contribution in [3.8, 4) is 0 Å². The van der Waals surface area contributed by atoms with E-state index in [1.807, 2.05) is 29.3 Å². The predicted octanol–water partition coefficient (Wildman–Crippen LogP) is 5.99. The molecule has 0 aliphatic rings. The average Bonchev–Trinajstić information content (AvgIpc) is 3.38. The van der Waals surface area contributed by atoms with Crippen LogP contribution in [0.25, 0.3) is 10.9 Å². The van der Waals surface area contributed by atoms with Crippen LogP contribution < -0.4 is 5.32 Å². The summed E-state index contributed by atoms with van der Waals surface area (Å²) in [4.78, 5) is 14.2. The lowest BCUT2D eigenvalue weighted by Crippen LogP contribution is -2.26. The Morgan fingerprint density at radius 2 is 1.86 bits per heavy atom. The van der Waals surface area contributed by atoms with E-state index in [0.717, 1.165) is 11.4 Å². The molecule has 0 aliphatic heterocycles. The molecule has 0 saturated carbocycles. The summed E-state index contributed by atoms with van der Waals surface area (Å²) in [5, 5.41) is 6.58. The molecule has 1 atom stereocenters. The van der Waals surface area contributed by atoms with Gasteiger partial charge in [0.15, 0.2) is 0 Å². The van der Waals surface area contributed by atoms with Crippen LogP contribution in [0.4, 0.5) is 0 Å². The summed E-state index contributed by atoms with van der Waals surface area (Å²) in [6.45, 7) is 3.60. The Balaban J connectivity index is 1.49. The first kappa shape index (κ1) is 18.8. The van der Waals surface area contributed by atoms with E-state index >= 15 is 0 Å². The first-order chi connectivity index (χ1) is 13.7. The van der Waals surface area contributed by atoms with Gasteiger partial charge in [-0.05, 0) is 30.0 Å². The molecule has 0 bridgehead atoms. The second kappa shape index (κ2) is 8.67. The minimum absolute atomic E-state index is 0.00115. The third-order valence-electron chi connectivity index (χ3n) is 4.71. The van der Waals surface area contributed by atoms with Crippen molar-refractivity contribution in [1.82, 2.24) is 9.88 Å². The van der Waals surface area contributed by atoms with Crippen molar-refractivity contribution in [2.24, 2.45) is 0 Å². The highest BCUT2D eigenvalue weighted by molar-refractivity contribution is 7.99. The van der Waals surface area contributed by atoms with E-state index < -0.39 is 0 Å². The normalized spacial score (nSPS) is 12.2. The first-order valence-corrected chi connectivity index (χ1v) is 11.1. The largest absolute Gasteiger partial charge is 0.350 e. The van der Waals surface area contributed by atoms with Crippen molar-refractivity contribution in [2.45, 2.75) is 23.6 Å². The maximum Gasteiger partial charge on any atom is 0.261 e. The number of para-hydroxylation sites is 1. The predicted molar refractivity (Wildman–Crippen MR) is 119 cm³/mol. The average molecular weight is 407 g/mol. The second-order valence-electron chi connectivity index (χ2n) is 6.61. The van der Waals surface area contributed by atoms with E-state index in [1.165, 1.54) is 32.7 Å². The van der Waals surface area contributed by atoms with Gasteiger partial charge in [0.25, 0.3) is 5.91 Å². The fourth-order valence-electron chi connectivity index (χ4n) is 3.26. The number of hydrogen-bond acceptors (Lipinski definition) is 3. The van der Waals surface area contributed by atoms with Gasteiger partial charge in [-0.15, -0.1) is 23.1 Å². The molecule has 4 aromatic rings. The lowest BCUT2D eigenvalue weighted by molar-refractivity contribution is 0.0956. The summed E-state index contributed by atoms with van der Waals surface area (Å²) >= 11 is 3.34. The van der Waals surface area contributed by atoms with Crippen LogP contribution in [0.5, 0.6) is 0 Å². The number of rotatable bonds is 7. The highest BCUT2D eigenvalue weighted by Gasteiger charge is 2.13. The number of carbonyl (C=O) groups excluding carboxylic acids is 1. The zero-order valence-corrected chi connectivity index (χ0v) is 17.3. The van der Waals surface area contributed by atoms with Crippen LogP contribution in [0.15, 0.2) is 83.2 Å². The number of thiophene rings is 1. The van der Waals surface area contributed by atoms with E-state index in [-0.39, 0.29) is 5.91 Å². The molecule has 0 fully saturated rings. The van der Waals surface area contributed by atoms with Gasteiger partial charge in [-0.3, -0.25) is 4.79 Å². The molecule has 0 spiro atoms. The van der Waals surface area contributed by atoms with Gasteiger partial charge in [0.2, 0.25) is 0 Å². The number of thioether (sulfide) groups is 1. The number of aromatic nitrogens is 1. The van der Waals surface area contributed by atoms with Crippen LogP contribution in [0.1, 0.15) is 27.4 Å². The van der Waals surface area contributed by atoms with Gasteiger partial charge in [0, 0.05) is 40.3 Å². The number of nitrogens with zero attached hydrogens (tertiary/aromatic N) is 1. The van der Waals surface area contributed by atoms with Crippen molar-refractivity contribution in [2.75, 3.05) is 6.54 Å². The Hall–Kier alpha value is -2.50. The van der Waals surface area contributed by atoms with Crippen LogP contribution in [0.3, 0.4) is 0 Å². The lowest BCUT2D eigenvalue weighted by Gasteiger charge is -2.10. The number of carbonyl (C=O) groups is 1. The zero-order chi connectivity index (χ0) is 19.3. The van der Waals surface area contributed by atoms with Crippen molar-refractivity contribution in [3.05, 3.63) is 88.7 Å². The first-order valence-electron chi connectivity index (χ1n) is 9.33. The fraction of sp³-hybridized carbons (Fsp3) is 0.174. The van der Waals surface area contributed by atoms with Crippen LogP contribution in [-0.2, 0) is 6.54 Å². The third kappa shape index (κ3) is 4.16. The van der Waals surface area contributed by atoms with E-state index in [0.29, 0.717) is 11.8 Å². The molecule has 0 aliphatic carbocycles. The maximum absolute atomic E-state index is 12.2. The summed E-state index contributed by atoms with van der Waals surface area (Å²) < 4.78 is 2.24. The van der Waals surface area contributed by atoms with Crippen LogP contribution >= 0.6 is 23.1 Å². The Kier molecular flexibility index (Phi) is 5.84. The second-order valence-corrected chi connectivity index (χ2v) is 8.94. The third-order valence-corrected chi connectivity index (χ3v) is 6.78. The van der Waals surface area contributed by atoms with Crippen LogP contribution in [-0.4, -0.2) is 17.0 Å². The number of hydrogen-bond donors (Lipinski definition) is 1. The molecule has 142 valence electrons. The Morgan fingerprint density at radius 1 is 1.07 bits per heavy atom. The highest BCUT2D eigenvalue weighted by atomic mass is 32.2. The van der Waals surface area contributed by atoms with Crippen molar-refractivity contribution in [1.29, 1.82) is 0 Å². The molecule has 3 nitrogen and oxygen atoms in total. The molecule has 4 rings (SSSR count). The summed E-state index contributed by atoms with van der Waals surface area (Å²) in [6.07, 6.45) is 2.21. The highest BCUT2D eigenvalue weighted by Crippen LogP contribution is 2.39. The zero-order valence-electron chi connectivity index (χ0n) is 15.7. The minimum Gasteiger partial charge on any atom is -0.350 e. The minimum atomic E-state index is -0.00115. The molecule has 1 N–H and O–H groups in total. The smallest absolute Gasteiger partial charge is 0.261 e. The number of amides is 1. The number of fused-ring (bicyclic) bond motifs is 1. The maximum atomic E-state index is 12.2. The molecule has 0 radical (unpaired) electrons. The molecule has 2 aromatic heterocycles. The SMILES string of the molecule is C[C@@H](Sc1cn(CCNC(=O)c2cccs2)c2ccccc12)c1ccccc1.